The van der Waals surface area contributed by atoms with Crippen molar-refractivity contribution in [2.45, 2.75) is 17.4 Å². The number of hydrogen-bond donors (Lipinski definition) is 2. The first-order valence-corrected chi connectivity index (χ1v) is 8.21. The molecule has 2 N–H and O–H groups in total. The van der Waals surface area contributed by atoms with Gasteiger partial charge in [0.15, 0.2) is 15.4 Å². The van der Waals surface area contributed by atoms with Gasteiger partial charge < -0.3 is 9.94 Å². The van der Waals surface area contributed by atoms with Crippen LogP contribution in [0.15, 0.2) is 28.2 Å². The predicted octanol–water partition coefficient (Wildman–Crippen LogP) is 0.0123. The Morgan fingerprint density at radius 1 is 1.41 bits per heavy atom. The number of nitrogens with one attached hydrogen (secondary N) is 1. The van der Waals surface area contributed by atoms with E-state index >= 15 is 0 Å². The Kier molecular flexibility index (Phi) is 3.98. The zero-order valence-electron chi connectivity index (χ0n) is 12.6. The molecule has 0 fully saturated rings. The molecule has 0 radical (unpaired) electrons. The summed E-state index contributed by atoms with van der Waals surface area (Å²) in [5, 5.41) is 14.6. The van der Waals surface area contributed by atoms with Gasteiger partial charge in [-0.2, -0.15) is 10.6 Å². The van der Waals surface area contributed by atoms with Crippen molar-refractivity contribution < 1.29 is 23.2 Å². The van der Waals surface area contributed by atoms with Crippen LogP contribution in [-0.2, 0) is 14.6 Å². The minimum atomic E-state index is -3.45. The highest BCUT2D eigenvalue weighted by Crippen LogP contribution is 2.29. The van der Waals surface area contributed by atoms with Gasteiger partial charge in [-0.15, -0.1) is 0 Å². The standard InChI is InChI=1S/C13H17N3O5S/c1-13(15-18)11(14-16(2)12(13)17)8-5-6-10(22(4,19)20)9(7-8)21-3/h5-7,15,18H,1-4H3. The molecule has 22 heavy (non-hydrogen) atoms. The molecule has 1 atom stereocenters. The first-order chi connectivity index (χ1) is 10.1. The van der Waals surface area contributed by atoms with Crippen molar-refractivity contribution in [1.82, 2.24) is 10.5 Å². The Morgan fingerprint density at radius 2 is 2.05 bits per heavy atom. The number of nitrogens with zero attached hydrogens (tertiary/aromatic N) is 2. The molecule has 1 aliphatic rings. The smallest absolute Gasteiger partial charge is 0.270 e. The Balaban J connectivity index is 2.60. The minimum absolute atomic E-state index is 0.0377. The number of sulfone groups is 1. The second-order valence-corrected chi connectivity index (χ2v) is 7.14. The van der Waals surface area contributed by atoms with Crippen LogP contribution in [0.1, 0.15) is 12.5 Å². The lowest BCUT2D eigenvalue weighted by Gasteiger charge is -2.22. The van der Waals surface area contributed by atoms with Crippen molar-refractivity contribution >= 4 is 21.5 Å². The van der Waals surface area contributed by atoms with E-state index in [4.69, 9.17) is 4.74 Å². The topological polar surface area (TPSA) is 108 Å². The van der Waals surface area contributed by atoms with Crippen molar-refractivity contribution in [2.24, 2.45) is 5.10 Å². The maximum Gasteiger partial charge on any atom is 0.270 e. The Morgan fingerprint density at radius 3 is 2.55 bits per heavy atom. The van der Waals surface area contributed by atoms with Crippen molar-refractivity contribution in [3.8, 4) is 5.75 Å². The van der Waals surface area contributed by atoms with Crippen molar-refractivity contribution in [1.29, 1.82) is 0 Å². The quantitative estimate of drug-likeness (QED) is 0.754. The van der Waals surface area contributed by atoms with Crippen LogP contribution in [-0.4, -0.2) is 56.2 Å². The SMILES string of the molecule is COc1cc(C2=NN(C)C(=O)C2(C)NO)ccc1S(C)(=O)=O. The molecule has 2 rings (SSSR count). The summed E-state index contributed by atoms with van der Waals surface area (Å²) in [5.74, 6) is -0.291. The summed E-state index contributed by atoms with van der Waals surface area (Å²) in [6.07, 6.45) is 1.08. The fourth-order valence-electron chi connectivity index (χ4n) is 2.29. The first kappa shape index (κ1) is 16.4. The van der Waals surface area contributed by atoms with Crippen LogP contribution in [0.3, 0.4) is 0 Å². The molecular formula is C13H17N3O5S. The Labute approximate surface area is 128 Å². The van der Waals surface area contributed by atoms with Gasteiger partial charge in [0.25, 0.3) is 5.91 Å². The average Bonchev–Trinajstić information content (AvgIpc) is 2.70. The Bertz CT molecular complexity index is 759. The number of hydrogen-bond acceptors (Lipinski definition) is 7. The molecule has 1 heterocycles. The van der Waals surface area contributed by atoms with E-state index in [9.17, 15) is 18.4 Å². The van der Waals surface area contributed by atoms with Gasteiger partial charge in [0, 0.05) is 18.9 Å². The summed E-state index contributed by atoms with van der Waals surface area (Å²) in [7, 11) is -0.631. The maximum atomic E-state index is 12.1. The zero-order chi connectivity index (χ0) is 16.7. The van der Waals surface area contributed by atoms with Crippen molar-refractivity contribution in [2.75, 3.05) is 20.4 Å². The molecule has 1 aliphatic heterocycles. The van der Waals surface area contributed by atoms with Gasteiger partial charge >= 0.3 is 0 Å². The first-order valence-electron chi connectivity index (χ1n) is 6.32. The number of ether oxygens (including phenoxy) is 1. The fraction of sp³-hybridized carbons (Fsp3) is 0.385. The number of amides is 1. The molecular weight excluding hydrogens is 310 g/mol. The van der Waals surface area contributed by atoms with Crippen LogP contribution in [0, 0.1) is 0 Å². The molecule has 0 aliphatic carbocycles. The molecule has 8 nitrogen and oxygen atoms in total. The maximum absolute atomic E-state index is 12.1. The summed E-state index contributed by atoms with van der Waals surface area (Å²) in [6, 6.07) is 4.36. The minimum Gasteiger partial charge on any atom is -0.495 e. The number of carbonyl (C=O) groups excluding carboxylic acids is 1. The number of likely N-dealkylation sites (N-methyl/N-ethyl adjacent to an activating group) is 1. The van der Waals surface area contributed by atoms with Gasteiger partial charge in [0.05, 0.1) is 7.11 Å². The van der Waals surface area contributed by atoms with Gasteiger partial charge in [0.2, 0.25) is 0 Å². The Hall–Kier alpha value is -1.97. The van der Waals surface area contributed by atoms with E-state index in [1.807, 2.05) is 5.48 Å². The lowest BCUT2D eigenvalue weighted by atomic mass is 9.91. The number of benzene rings is 1. The van der Waals surface area contributed by atoms with Crippen molar-refractivity contribution in [3.63, 3.8) is 0 Å². The number of hydroxylamine groups is 1. The normalized spacial score (nSPS) is 22.0. The summed E-state index contributed by atoms with van der Waals surface area (Å²) >= 11 is 0. The monoisotopic (exact) mass is 327 g/mol. The van der Waals surface area contributed by atoms with Gasteiger partial charge in [-0.05, 0) is 19.1 Å². The number of hydrazone groups is 1. The summed E-state index contributed by atoms with van der Waals surface area (Å²) in [4.78, 5) is 12.1. The van der Waals surface area contributed by atoms with E-state index in [2.05, 4.69) is 5.10 Å². The third-order valence-corrected chi connectivity index (χ3v) is 4.64. The number of rotatable bonds is 4. The van der Waals surface area contributed by atoms with E-state index in [1.165, 1.54) is 39.3 Å². The summed E-state index contributed by atoms with van der Waals surface area (Å²) in [5.41, 5.74) is 1.29. The zero-order valence-corrected chi connectivity index (χ0v) is 13.4. The number of methoxy groups -OCH3 is 1. The van der Waals surface area contributed by atoms with Crippen LogP contribution < -0.4 is 10.2 Å². The third-order valence-electron chi connectivity index (χ3n) is 3.51. The molecule has 0 aromatic heterocycles. The highest BCUT2D eigenvalue weighted by atomic mass is 32.2. The second kappa shape index (κ2) is 5.34. The van der Waals surface area contributed by atoms with Crippen LogP contribution in [0.2, 0.25) is 0 Å². The molecule has 1 aromatic carbocycles. The van der Waals surface area contributed by atoms with Gasteiger partial charge in [-0.25, -0.2) is 13.4 Å². The van der Waals surface area contributed by atoms with Gasteiger partial charge in [-0.3, -0.25) is 4.79 Å². The number of carbonyl (C=O) groups is 1. The van der Waals surface area contributed by atoms with E-state index in [-0.39, 0.29) is 16.4 Å². The molecule has 9 heteroatoms. The molecule has 1 amide bonds. The third kappa shape index (κ3) is 2.47. The lowest BCUT2D eigenvalue weighted by Crippen LogP contribution is -2.53. The molecule has 0 bridgehead atoms. The van der Waals surface area contributed by atoms with Crippen LogP contribution in [0.5, 0.6) is 5.75 Å². The second-order valence-electron chi connectivity index (χ2n) is 5.15. The predicted molar refractivity (Wildman–Crippen MR) is 78.7 cm³/mol. The lowest BCUT2D eigenvalue weighted by molar-refractivity contribution is -0.134. The van der Waals surface area contributed by atoms with E-state index in [0.29, 0.717) is 5.56 Å². The summed E-state index contributed by atoms with van der Waals surface area (Å²) in [6.45, 7) is 1.48. The van der Waals surface area contributed by atoms with E-state index < -0.39 is 21.3 Å². The average molecular weight is 327 g/mol. The molecule has 1 unspecified atom stereocenters. The van der Waals surface area contributed by atoms with Gasteiger partial charge in [0.1, 0.15) is 16.4 Å². The van der Waals surface area contributed by atoms with E-state index in [1.54, 1.807) is 0 Å². The molecule has 1 aromatic rings. The molecule has 0 saturated heterocycles. The molecule has 0 saturated carbocycles. The van der Waals surface area contributed by atoms with Crippen LogP contribution in [0.4, 0.5) is 0 Å². The van der Waals surface area contributed by atoms with Crippen LogP contribution in [0.25, 0.3) is 0 Å². The summed E-state index contributed by atoms with van der Waals surface area (Å²) < 4.78 is 28.5. The molecule has 120 valence electrons. The largest absolute Gasteiger partial charge is 0.495 e. The molecule has 0 spiro atoms. The fourth-order valence-corrected chi connectivity index (χ4v) is 3.11. The van der Waals surface area contributed by atoms with Gasteiger partial charge in [-0.1, -0.05) is 6.07 Å². The van der Waals surface area contributed by atoms with Crippen LogP contribution >= 0.6 is 0 Å². The van der Waals surface area contributed by atoms with Crippen molar-refractivity contribution in [3.05, 3.63) is 23.8 Å². The highest BCUT2D eigenvalue weighted by molar-refractivity contribution is 7.90. The van der Waals surface area contributed by atoms with E-state index in [0.717, 1.165) is 11.3 Å². The highest BCUT2D eigenvalue weighted by Gasteiger charge is 2.46.